The van der Waals surface area contributed by atoms with Gasteiger partial charge in [-0.25, -0.2) is 0 Å². The van der Waals surface area contributed by atoms with Crippen LogP contribution in [0.5, 0.6) is 0 Å². The average Bonchev–Trinajstić information content (AvgIpc) is 2.53. The fraction of sp³-hybridized carbons (Fsp3) is 0.636. The van der Waals surface area contributed by atoms with Gasteiger partial charge in [-0.15, -0.1) is 0 Å². The Bertz CT molecular complexity index is 371. The van der Waals surface area contributed by atoms with E-state index < -0.39 is 0 Å². The van der Waals surface area contributed by atoms with Crippen LogP contribution in [0.15, 0.2) is 6.07 Å². The molecule has 0 aromatic carbocycles. The number of rotatable bonds is 4. The average molecular weight is 225 g/mol. The molecule has 0 radical (unpaired) electrons. The maximum atomic E-state index is 11.9. The van der Waals surface area contributed by atoms with Crippen molar-refractivity contribution in [2.45, 2.75) is 26.8 Å². The van der Waals surface area contributed by atoms with E-state index in [-0.39, 0.29) is 24.5 Å². The molecule has 1 heterocycles. The maximum absolute atomic E-state index is 11.9. The van der Waals surface area contributed by atoms with Crippen LogP contribution in [0.4, 0.5) is 0 Å². The Labute approximate surface area is 95.5 Å². The first-order valence-electron chi connectivity index (χ1n) is 5.38. The van der Waals surface area contributed by atoms with Crippen molar-refractivity contribution >= 4 is 5.91 Å². The Morgan fingerprint density at radius 3 is 2.62 bits per heavy atom. The molecular formula is C11H19N3O2. The molecule has 0 saturated heterocycles. The van der Waals surface area contributed by atoms with Crippen molar-refractivity contribution in [3.8, 4) is 0 Å². The zero-order chi connectivity index (χ0) is 12.3. The van der Waals surface area contributed by atoms with Gasteiger partial charge in [-0.3, -0.25) is 9.48 Å². The Kier molecular flexibility index (Phi) is 4.06. The molecule has 0 fully saturated rings. The van der Waals surface area contributed by atoms with E-state index in [1.807, 2.05) is 20.8 Å². The highest BCUT2D eigenvalue weighted by Crippen LogP contribution is 2.05. The molecule has 2 N–H and O–H groups in total. The van der Waals surface area contributed by atoms with Gasteiger partial charge >= 0.3 is 0 Å². The minimum atomic E-state index is -0.220. The molecule has 0 bridgehead atoms. The molecule has 1 atom stereocenters. The van der Waals surface area contributed by atoms with Crippen LogP contribution in [0.2, 0.25) is 0 Å². The normalized spacial score (nSPS) is 12.9. The van der Waals surface area contributed by atoms with Crippen LogP contribution in [0, 0.1) is 12.8 Å². The number of carbonyl (C=O) groups is 1. The lowest BCUT2D eigenvalue weighted by atomic mass is 10.1. The second-order valence-electron chi connectivity index (χ2n) is 4.30. The molecule has 0 aliphatic carbocycles. The highest BCUT2D eigenvalue weighted by molar-refractivity contribution is 5.92. The van der Waals surface area contributed by atoms with Crippen molar-refractivity contribution in [3.63, 3.8) is 0 Å². The molecule has 0 unspecified atom stereocenters. The van der Waals surface area contributed by atoms with Crippen LogP contribution in [-0.2, 0) is 7.05 Å². The predicted octanol–water partition coefficient (Wildman–Crippen LogP) is 0.475. The van der Waals surface area contributed by atoms with Gasteiger partial charge < -0.3 is 10.4 Å². The highest BCUT2D eigenvalue weighted by atomic mass is 16.3. The quantitative estimate of drug-likeness (QED) is 0.783. The lowest BCUT2D eigenvalue weighted by Crippen LogP contribution is -2.41. The summed E-state index contributed by atoms with van der Waals surface area (Å²) in [6, 6.07) is 1.51. The van der Waals surface area contributed by atoms with Gasteiger partial charge in [0.1, 0.15) is 5.69 Å². The molecule has 90 valence electrons. The Hall–Kier alpha value is -1.36. The molecule has 1 aromatic rings. The van der Waals surface area contributed by atoms with E-state index in [0.29, 0.717) is 5.69 Å². The van der Waals surface area contributed by atoms with Gasteiger partial charge in [0.25, 0.3) is 5.91 Å². The van der Waals surface area contributed by atoms with Crippen LogP contribution in [0.25, 0.3) is 0 Å². The molecule has 5 nitrogen and oxygen atoms in total. The molecule has 1 amide bonds. The largest absolute Gasteiger partial charge is 0.394 e. The lowest BCUT2D eigenvalue weighted by Gasteiger charge is -2.19. The van der Waals surface area contributed by atoms with Crippen molar-refractivity contribution in [2.24, 2.45) is 13.0 Å². The summed E-state index contributed by atoms with van der Waals surface area (Å²) in [5.74, 6) is -0.000811. The molecule has 0 aliphatic heterocycles. The summed E-state index contributed by atoms with van der Waals surface area (Å²) in [4.78, 5) is 11.9. The van der Waals surface area contributed by atoms with E-state index in [1.165, 1.54) is 0 Å². The zero-order valence-corrected chi connectivity index (χ0v) is 10.2. The third-order valence-electron chi connectivity index (χ3n) is 2.55. The Morgan fingerprint density at radius 2 is 2.25 bits per heavy atom. The number of nitrogens with one attached hydrogen (secondary N) is 1. The number of hydrogen-bond donors (Lipinski definition) is 2. The SMILES string of the molecule is Cc1cc(C(=O)N[C@H](CO)C(C)C)n(C)n1. The van der Waals surface area contributed by atoms with Crippen molar-refractivity contribution in [1.29, 1.82) is 0 Å². The molecule has 0 aliphatic rings. The maximum Gasteiger partial charge on any atom is 0.269 e. The van der Waals surface area contributed by atoms with Crippen molar-refractivity contribution in [3.05, 3.63) is 17.5 Å². The third-order valence-corrected chi connectivity index (χ3v) is 2.55. The van der Waals surface area contributed by atoms with Gasteiger partial charge in [-0.05, 0) is 18.9 Å². The van der Waals surface area contributed by atoms with E-state index >= 15 is 0 Å². The van der Waals surface area contributed by atoms with Crippen LogP contribution in [0.1, 0.15) is 30.0 Å². The van der Waals surface area contributed by atoms with Crippen molar-refractivity contribution < 1.29 is 9.90 Å². The number of hydrogen-bond acceptors (Lipinski definition) is 3. The second kappa shape index (κ2) is 5.12. The number of aliphatic hydroxyl groups excluding tert-OH is 1. The van der Waals surface area contributed by atoms with Crippen LogP contribution < -0.4 is 5.32 Å². The van der Waals surface area contributed by atoms with Crippen LogP contribution >= 0.6 is 0 Å². The predicted molar refractivity (Wildman–Crippen MR) is 61.1 cm³/mol. The smallest absolute Gasteiger partial charge is 0.269 e. The molecular weight excluding hydrogens is 206 g/mol. The van der Waals surface area contributed by atoms with E-state index in [2.05, 4.69) is 10.4 Å². The Balaban J connectivity index is 2.75. The van der Waals surface area contributed by atoms with Gasteiger partial charge in [-0.1, -0.05) is 13.8 Å². The fourth-order valence-electron chi connectivity index (χ4n) is 1.49. The highest BCUT2D eigenvalue weighted by Gasteiger charge is 2.18. The topological polar surface area (TPSA) is 67.2 Å². The van der Waals surface area contributed by atoms with Gasteiger partial charge in [-0.2, -0.15) is 5.10 Å². The Morgan fingerprint density at radius 1 is 1.62 bits per heavy atom. The van der Waals surface area contributed by atoms with Gasteiger partial charge in [0, 0.05) is 7.05 Å². The number of aromatic nitrogens is 2. The fourth-order valence-corrected chi connectivity index (χ4v) is 1.49. The number of nitrogens with zero attached hydrogens (tertiary/aromatic N) is 2. The van der Waals surface area contributed by atoms with Gasteiger partial charge in [0.15, 0.2) is 0 Å². The molecule has 5 heteroatoms. The molecule has 16 heavy (non-hydrogen) atoms. The molecule has 1 aromatic heterocycles. The van der Waals surface area contributed by atoms with E-state index in [0.717, 1.165) is 5.69 Å². The van der Waals surface area contributed by atoms with Crippen molar-refractivity contribution in [1.82, 2.24) is 15.1 Å². The number of aryl methyl sites for hydroxylation is 2. The lowest BCUT2D eigenvalue weighted by molar-refractivity contribution is 0.0887. The summed E-state index contributed by atoms with van der Waals surface area (Å²) >= 11 is 0. The second-order valence-corrected chi connectivity index (χ2v) is 4.30. The first-order valence-corrected chi connectivity index (χ1v) is 5.38. The molecule has 0 spiro atoms. The molecule has 1 rings (SSSR count). The first kappa shape index (κ1) is 12.7. The molecule has 0 saturated carbocycles. The van der Waals surface area contributed by atoms with Gasteiger partial charge in [0.2, 0.25) is 0 Å². The van der Waals surface area contributed by atoms with E-state index in [4.69, 9.17) is 5.11 Å². The van der Waals surface area contributed by atoms with Crippen molar-refractivity contribution in [2.75, 3.05) is 6.61 Å². The summed E-state index contributed by atoms with van der Waals surface area (Å²) in [5.41, 5.74) is 1.31. The summed E-state index contributed by atoms with van der Waals surface area (Å²) in [6.07, 6.45) is 0. The zero-order valence-electron chi connectivity index (χ0n) is 10.2. The summed E-state index contributed by atoms with van der Waals surface area (Å²) in [5, 5.41) is 16.0. The summed E-state index contributed by atoms with van der Waals surface area (Å²) in [7, 11) is 1.73. The monoisotopic (exact) mass is 225 g/mol. The van der Waals surface area contributed by atoms with Crippen LogP contribution in [-0.4, -0.2) is 33.4 Å². The minimum Gasteiger partial charge on any atom is -0.394 e. The van der Waals surface area contributed by atoms with E-state index in [9.17, 15) is 4.79 Å². The van der Waals surface area contributed by atoms with Gasteiger partial charge in [0.05, 0.1) is 18.3 Å². The third kappa shape index (κ3) is 2.82. The van der Waals surface area contributed by atoms with E-state index in [1.54, 1.807) is 17.8 Å². The first-order chi connectivity index (χ1) is 7.45. The van der Waals surface area contributed by atoms with Crippen LogP contribution in [0.3, 0.4) is 0 Å². The number of amides is 1. The standard InChI is InChI=1S/C11H19N3O2/c1-7(2)9(6-15)12-11(16)10-5-8(3)13-14(10)4/h5,7,9,15H,6H2,1-4H3,(H,12,16)/t9-/m1/s1. The minimum absolute atomic E-state index is 0.0553. The summed E-state index contributed by atoms with van der Waals surface area (Å²) in [6.45, 7) is 5.69. The number of aliphatic hydroxyl groups is 1. The number of carbonyl (C=O) groups excluding carboxylic acids is 1. The summed E-state index contributed by atoms with van der Waals surface area (Å²) < 4.78 is 1.54.